The summed E-state index contributed by atoms with van der Waals surface area (Å²) in [6, 6.07) is 72.3. The lowest BCUT2D eigenvalue weighted by Gasteiger charge is -2.28. The standard InChI is InChI=1S/C57H49N/c1-39-49-18-10-11-19-50(49)51-34-30-45(37-54(39)51)44(36-41-14-6-4-7-15-41)27-24-40-22-25-42(26-23-40)43-28-31-47(32-29-43)58(46-16-8-5-9-17-46)48-33-35-53-52-20-12-13-21-55(52)57(2,3)56(53)38-48/h4-23,25-26,28-35,37-39,44H,24,27,36H2,1-3H3. The molecule has 0 N–H and O–H groups in total. The van der Waals surface area contributed by atoms with Crippen molar-refractivity contribution < 1.29 is 0 Å². The zero-order valence-electron chi connectivity index (χ0n) is 33.7. The predicted molar refractivity (Wildman–Crippen MR) is 245 cm³/mol. The molecular formula is C57H49N. The molecule has 2 aliphatic carbocycles. The maximum absolute atomic E-state index is 2.52. The lowest BCUT2D eigenvalue weighted by atomic mass is 9.82. The second kappa shape index (κ2) is 14.8. The highest BCUT2D eigenvalue weighted by Crippen LogP contribution is 2.51. The third kappa shape index (κ3) is 6.45. The van der Waals surface area contributed by atoms with E-state index in [9.17, 15) is 0 Å². The average Bonchev–Trinajstić information content (AvgIpc) is 3.69. The van der Waals surface area contributed by atoms with Crippen LogP contribution in [0.3, 0.4) is 0 Å². The van der Waals surface area contributed by atoms with Gasteiger partial charge in [0, 0.05) is 28.4 Å². The molecule has 0 aromatic heterocycles. The van der Waals surface area contributed by atoms with Gasteiger partial charge in [-0.15, -0.1) is 0 Å². The van der Waals surface area contributed by atoms with Crippen LogP contribution in [-0.4, -0.2) is 0 Å². The van der Waals surface area contributed by atoms with Gasteiger partial charge in [0.25, 0.3) is 0 Å². The van der Waals surface area contributed by atoms with E-state index in [4.69, 9.17) is 0 Å². The Morgan fingerprint density at radius 3 is 1.79 bits per heavy atom. The third-order valence-electron chi connectivity index (χ3n) is 13.1. The number of rotatable bonds is 10. The minimum atomic E-state index is -0.0589. The highest BCUT2D eigenvalue weighted by molar-refractivity contribution is 5.86. The monoisotopic (exact) mass is 747 g/mol. The summed E-state index contributed by atoms with van der Waals surface area (Å²) in [6.07, 6.45) is 3.19. The molecule has 0 heterocycles. The summed E-state index contributed by atoms with van der Waals surface area (Å²) < 4.78 is 0. The summed E-state index contributed by atoms with van der Waals surface area (Å²) in [5.74, 6) is 0.867. The van der Waals surface area contributed by atoms with Crippen LogP contribution in [0.4, 0.5) is 17.1 Å². The summed E-state index contributed by atoms with van der Waals surface area (Å²) in [6.45, 7) is 7.07. The molecule has 2 unspecified atom stereocenters. The van der Waals surface area contributed by atoms with E-state index >= 15 is 0 Å². The van der Waals surface area contributed by atoms with Gasteiger partial charge in [-0.05, 0) is 134 Å². The quantitative estimate of drug-likeness (QED) is 0.135. The number of hydrogen-bond acceptors (Lipinski definition) is 1. The summed E-state index contributed by atoms with van der Waals surface area (Å²) >= 11 is 0. The van der Waals surface area contributed by atoms with Crippen molar-refractivity contribution in [1.82, 2.24) is 0 Å². The zero-order chi connectivity index (χ0) is 39.2. The molecule has 2 aliphatic rings. The van der Waals surface area contributed by atoms with Crippen LogP contribution in [0.15, 0.2) is 194 Å². The Balaban J connectivity index is 0.888. The van der Waals surface area contributed by atoms with E-state index in [1.165, 1.54) is 78.0 Å². The lowest BCUT2D eigenvalue weighted by molar-refractivity contribution is 0.620. The third-order valence-corrected chi connectivity index (χ3v) is 13.1. The smallest absolute Gasteiger partial charge is 0.0465 e. The Kier molecular flexibility index (Phi) is 9.18. The maximum Gasteiger partial charge on any atom is 0.0465 e. The number of benzene rings is 8. The van der Waals surface area contributed by atoms with E-state index in [1.807, 2.05) is 0 Å². The number of anilines is 3. The Morgan fingerprint density at radius 1 is 0.466 bits per heavy atom. The van der Waals surface area contributed by atoms with Crippen LogP contribution < -0.4 is 4.90 Å². The van der Waals surface area contributed by atoms with Gasteiger partial charge in [0.1, 0.15) is 0 Å². The van der Waals surface area contributed by atoms with Crippen LogP contribution >= 0.6 is 0 Å². The van der Waals surface area contributed by atoms with E-state index in [1.54, 1.807) is 0 Å². The van der Waals surface area contributed by atoms with Gasteiger partial charge in [-0.3, -0.25) is 0 Å². The Bertz CT molecular complexity index is 2720. The first-order valence-electron chi connectivity index (χ1n) is 21.0. The number of nitrogens with zero attached hydrogens (tertiary/aromatic N) is 1. The lowest BCUT2D eigenvalue weighted by Crippen LogP contribution is -2.16. The van der Waals surface area contributed by atoms with Gasteiger partial charge in [-0.2, -0.15) is 0 Å². The fourth-order valence-electron chi connectivity index (χ4n) is 9.87. The first kappa shape index (κ1) is 35.9. The van der Waals surface area contributed by atoms with Crippen molar-refractivity contribution in [2.45, 2.75) is 57.3 Å². The van der Waals surface area contributed by atoms with Gasteiger partial charge in [0.15, 0.2) is 0 Å². The summed E-state index contributed by atoms with van der Waals surface area (Å²) in [5, 5.41) is 0. The molecule has 0 amide bonds. The second-order valence-electron chi connectivity index (χ2n) is 16.9. The molecular weight excluding hydrogens is 699 g/mol. The SMILES string of the molecule is CC1c2ccccc2-c2ccc(C(CCc3ccc(-c4ccc(N(c5ccccc5)c5ccc6c(c5)C(C)(C)c5ccccc5-6)cc4)cc3)Cc3ccccc3)cc21. The van der Waals surface area contributed by atoms with Crippen molar-refractivity contribution in [3.63, 3.8) is 0 Å². The molecule has 0 spiro atoms. The Hall–Kier alpha value is -6.44. The highest BCUT2D eigenvalue weighted by atomic mass is 15.1. The average molecular weight is 748 g/mol. The molecule has 0 fully saturated rings. The topological polar surface area (TPSA) is 3.24 Å². The molecule has 1 nitrogen and oxygen atoms in total. The van der Waals surface area contributed by atoms with E-state index in [2.05, 4.69) is 220 Å². The molecule has 0 saturated heterocycles. The normalized spacial score (nSPS) is 14.9. The molecule has 0 aliphatic heterocycles. The summed E-state index contributed by atoms with van der Waals surface area (Å²) in [4.78, 5) is 2.39. The van der Waals surface area contributed by atoms with Crippen LogP contribution in [-0.2, 0) is 18.3 Å². The van der Waals surface area contributed by atoms with Gasteiger partial charge in [-0.25, -0.2) is 0 Å². The minimum absolute atomic E-state index is 0.0589. The van der Waals surface area contributed by atoms with Gasteiger partial charge in [-0.1, -0.05) is 178 Å². The van der Waals surface area contributed by atoms with Gasteiger partial charge < -0.3 is 4.90 Å². The van der Waals surface area contributed by atoms with Crippen molar-refractivity contribution in [1.29, 1.82) is 0 Å². The van der Waals surface area contributed by atoms with Crippen molar-refractivity contribution in [2.75, 3.05) is 4.90 Å². The predicted octanol–water partition coefficient (Wildman–Crippen LogP) is 15.2. The molecule has 2 atom stereocenters. The fraction of sp³-hybridized carbons (Fsp3) is 0.158. The Morgan fingerprint density at radius 2 is 1.03 bits per heavy atom. The molecule has 8 aromatic carbocycles. The maximum atomic E-state index is 2.52. The molecule has 10 rings (SSSR count). The molecule has 58 heavy (non-hydrogen) atoms. The number of para-hydroxylation sites is 1. The number of aryl methyl sites for hydroxylation is 1. The largest absolute Gasteiger partial charge is 0.310 e. The highest BCUT2D eigenvalue weighted by Gasteiger charge is 2.35. The summed E-state index contributed by atoms with van der Waals surface area (Å²) in [5.41, 5.74) is 21.3. The molecule has 1 heteroatoms. The van der Waals surface area contributed by atoms with Gasteiger partial charge in [0.2, 0.25) is 0 Å². The number of fused-ring (bicyclic) bond motifs is 6. The molecule has 0 saturated carbocycles. The Labute approximate surface area is 344 Å². The fourth-order valence-corrected chi connectivity index (χ4v) is 9.87. The van der Waals surface area contributed by atoms with E-state index in [0.717, 1.165) is 30.6 Å². The second-order valence-corrected chi connectivity index (χ2v) is 16.9. The van der Waals surface area contributed by atoms with Gasteiger partial charge in [0.05, 0.1) is 0 Å². The molecule has 0 radical (unpaired) electrons. The van der Waals surface area contributed by atoms with Crippen LogP contribution in [0.25, 0.3) is 33.4 Å². The van der Waals surface area contributed by atoms with Crippen molar-refractivity contribution in [3.8, 4) is 33.4 Å². The zero-order valence-corrected chi connectivity index (χ0v) is 33.7. The first-order chi connectivity index (χ1) is 28.4. The molecule has 0 bridgehead atoms. The molecule has 8 aromatic rings. The van der Waals surface area contributed by atoms with Crippen LogP contribution in [0.2, 0.25) is 0 Å². The number of hydrogen-bond donors (Lipinski definition) is 0. The van der Waals surface area contributed by atoms with E-state index in [-0.39, 0.29) is 5.41 Å². The minimum Gasteiger partial charge on any atom is -0.310 e. The van der Waals surface area contributed by atoms with E-state index in [0.29, 0.717) is 11.8 Å². The van der Waals surface area contributed by atoms with Gasteiger partial charge >= 0.3 is 0 Å². The summed E-state index contributed by atoms with van der Waals surface area (Å²) in [7, 11) is 0. The first-order valence-corrected chi connectivity index (χ1v) is 21.0. The van der Waals surface area contributed by atoms with E-state index < -0.39 is 0 Å². The van der Waals surface area contributed by atoms with Crippen LogP contribution in [0.5, 0.6) is 0 Å². The van der Waals surface area contributed by atoms with Crippen molar-refractivity contribution >= 4 is 17.1 Å². The van der Waals surface area contributed by atoms with Crippen LogP contribution in [0.1, 0.15) is 78.0 Å². The molecule has 282 valence electrons. The van der Waals surface area contributed by atoms with Crippen molar-refractivity contribution in [3.05, 3.63) is 233 Å². The van der Waals surface area contributed by atoms with Crippen molar-refractivity contribution in [2.24, 2.45) is 0 Å². The van der Waals surface area contributed by atoms with Crippen LogP contribution in [0, 0.1) is 0 Å².